The van der Waals surface area contributed by atoms with Gasteiger partial charge in [0.2, 0.25) is 0 Å². The summed E-state index contributed by atoms with van der Waals surface area (Å²) in [5.74, 6) is 0.893. The first-order chi connectivity index (χ1) is 9.41. The second kappa shape index (κ2) is 4.36. The van der Waals surface area contributed by atoms with E-state index >= 15 is 0 Å². The molecule has 0 radical (unpaired) electrons. The zero-order chi connectivity index (χ0) is 14.5. The van der Waals surface area contributed by atoms with Gasteiger partial charge in [0.05, 0.1) is 6.20 Å². The quantitative estimate of drug-likeness (QED) is 0.941. The first kappa shape index (κ1) is 13.2. The van der Waals surface area contributed by atoms with Crippen LogP contribution in [0.15, 0.2) is 12.3 Å². The molecule has 0 amide bonds. The number of rotatable bonds is 3. The molecule has 0 unspecified atom stereocenters. The average Bonchev–Trinajstić information content (AvgIpc) is 3.06. The summed E-state index contributed by atoms with van der Waals surface area (Å²) in [6.45, 7) is 2.02. The fourth-order valence-corrected chi connectivity index (χ4v) is 2.68. The molecule has 2 aromatic heterocycles. The molecule has 2 heterocycles. The highest BCUT2D eigenvalue weighted by molar-refractivity contribution is 5.54. The van der Waals surface area contributed by atoms with Crippen LogP contribution in [0.25, 0.3) is 5.65 Å². The van der Waals surface area contributed by atoms with Crippen molar-refractivity contribution >= 4 is 11.5 Å². The molecule has 0 bridgehead atoms. The number of hydrogen-bond donors (Lipinski definition) is 1. The Morgan fingerprint density at radius 2 is 2.15 bits per heavy atom. The van der Waals surface area contributed by atoms with Crippen molar-refractivity contribution in [2.45, 2.75) is 38.3 Å². The van der Waals surface area contributed by atoms with E-state index in [1.165, 1.54) is 0 Å². The number of aromatic nitrogens is 3. The Balaban J connectivity index is 2.15. The normalized spacial score (nSPS) is 17.6. The Hall–Kier alpha value is -1.79. The summed E-state index contributed by atoms with van der Waals surface area (Å²) in [7, 11) is 0. The third-order valence-electron chi connectivity index (χ3n) is 3.84. The Morgan fingerprint density at radius 3 is 2.70 bits per heavy atom. The van der Waals surface area contributed by atoms with Crippen molar-refractivity contribution in [2.24, 2.45) is 5.92 Å². The molecule has 1 aliphatic rings. The largest absolute Gasteiger partial charge is 0.421 e. The minimum Gasteiger partial charge on any atom is -0.384 e. The Labute approximate surface area is 113 Å². The van der Waals surface area contributed by atoms with Gasteiger partial charge in [0.25, 0.3) is 0 Å². The lowest BCUT2D eigenvalue weighted by molar-refractivity contribution is -0.136. The van der Waals surface area contributed by atoms with E-state index in [1.54, 1.807) is 6.07 Å². The molecule has 2 aromatic rings. The van der Waals surface area contributed by atoms with Gasteiger partial charge in [-0.15, -0.1) is 0 Å². The van der Waals surface area contributed by atoms with Gasteiger partial charge in [-0.3, -0.25) is 0 Å². The molecule has 2 N–H and O–H groups in total. The maximum absolute atomic E-state index is 12.9. The van der Waals surface area contributed by atoms with Gasteiger partial charge >= 0.3 is 6.18 Å². The fourth-order valence-electron chi connectivity index (χ4n) is 2.68. The molecule has 3 rings (SSSR count). The van der Waals surface area contributed by atoms with Crippen molar-refractivity contribution in [1.29, 1.82) is 0 Å². The minimum absolute atomic E-state index is 0.179. The van der Waals surface area contributed by atoms with Crippen LogP contribution in [0, 0.1) is 5.92 Å². The summed E-state index contributed by atoms with van der Waals surface area (Å²) >= 11 is 0. The van der Waals surface area contributed by atoms with E-state index in [0.717, 1.165) is 30.0 Å². The van der Waals surface area contributed by atoms with Gasteiger partial charge in [0, 0.05) is 17.7 Å². The van der Waals surface area contributed by atoms with Crippen LogP contribution in [-0.4, -0.2) is 14.6 Å². The van der Waals surface area contributed by atoms with Crippen molar-refractivity contribution in [3.8, 4) is 0 Å². The number of nitrogens with two attached hydrogens (primary N) is 1. The lowest BCUT2D eigenvalue weighted by atomic mass is 9.96. The molecule has 4 nitrogen and oxygen atoms in total. The molecule has 108 valence electrons. The summed E-state index contributed by atoms with van der Waals surface area (Å²) in [6.07, 6.45) is -0.627. The van der Waals surface area contributed by atoms with Gasteiger partial charge in [-0.2, -0.15) is 22.8 Å². The van der Waals surface area contributed by atoms with E-state index in [0.29, 0.717) is 11.6 Å². The summed E-state index contributed by atoms with van der Waals surface area (Å²) in [5, 5.41) is 3.68. The summed E-state index contributed by atoms with van der Waals surface area (Å²) in [4.78, 5) is 4.20. The molecule has 7 heteroatoms. The van der Waals surface area contributed by atoms with E-state index in [1.807, 2.05) is 6.92 Å². The van der Waals surface area contributed by atoms with Crippen LogP contribution in [0.5, 0.6) is 0 Å². The zero-order valence-electron chi connectivity index (χ0n) is 11.0. The number of halogens is 3. The third-order valence-corrected chi connectivity index (χ3v) is 3.84. The van der Waals surface area contributed by atoms with Crippen LogP contribution in [0.2, 0.25) is 0 Å². The first-order valence-electron chi connectivity index (χ1n) is 6.63. The predicted molar refractivity (Wildman–Crippen MR) is 68.2 cm³/mol. The van der Waals surface area contributed by atoms with Gasteiger partial charge in [0.15, 0.2) is 5.65 Å². The number of nitrogens with zero attached hydrogens (tertiary/aromatic N) is 3. The lowest BCUT2D eigenvalue weighted by Crippen LogP contribution is -2.10. The van der Waals surface area contributed by atoms with Gasteiger partial charge in [-0.1, -0.05) is 6.92 Å². The van der Waals surface area contributed by atoms with E-state index in [-0.39, 0.29) is 17.4 Å². The van der Waals surface area contributed by atoms with Gasteiger partial charge in [0.1, 0.15) is 11.4 Å². The van der Waals surface area contributed by atoms with Crippen molar-refractivity contribution in [1.82, 2.24) is 14.6 Å². The minimum atomic E-state index is -4.47. The highest BCUT2D eigenvalue weighted by Crippen LogP contribution is 2.44. The van der Waals surface area contributed by atoms with Crippen LogP contribution in [0.4, 0.5) is 19.0 Å². The van der Waals surface area contributed by atoms with Crippen molar-refractivity contribution < 1.29 is 13.2 Å². The van der Waals surface area contributed by atoms with Crippen molar-refractivity contribution in [3.63, 3.8) is 0 Å². The molecule has 1 aliphatic carbocycles. The number of hydrogen-bond acceptors (Lipinski definition) is 3. The molecule has 0 aliphatic heterocycles. The van der Waals surface area contributed by atoms with Gasteiger partial charge < -0.3 is 5.73 Å². The van der Waals surface area contributed by atoms with Crippen LogP contribution in [-0.2, 0) is 6.18 Å². The van der Waals surface area contributed by atoms with Crippen molar-refractivity contribution in [3.05, 3.63) is 23.5 Å². The van der Waals surface area contributed by atoms with Crippen LogP contribution in [0.1, 0.15) is 43.4 Å². The topological polar surface area (TPSA) is 56.2 Å². The first-order valence-corrected chi connectivity index (χ1v) is 6.63. The number of alkyl halides is 3. The Morgan fingerprint density at radius 1 is 1.45 bits per heavy atom. The van der Waals surface area contributed by atoms with E-state index in [9.17, 15) is 13.2 Å². The molecule has 1 saturated carbocycles. The molecule has 0 saturated heterocycles. The molecule has 1 fully saturated rings. The lowest BCUT2D eigenvalue weighted by Gasteiger charge is -2.15. The Bertz CT molecular complexity index is 643. The maximum atomic E-state index is 12.9. The molecular formula is C13H15F3N4. The van der Waals surface area contributed by atoms with Crippen LogP contribution >= 0.6 is 0 Å². The van der Waals surface area contributed by atoms with E-state index in [2.05, 4.69) is 10.1 Å². The molecule has 20 heavy (non-hydrogen) atoms. The van der Waals surface area contributed by atoms with Crippen molar-refractivity contribution in [2.75, 3.05) is 5.73 Å². The zero-order valence-corrected chi connectivity index (χ0v) is 11.0. The number of nitrogen functional groups attached to an aromatic ring is 1. The fraction of sp³-hybridized carbons (Fsp3) is 0.538. The second-order valence-electron chi connectivity index (χ2n) is 5.25. The van der Waals surface area contributed by atoms with E-state index < -0.39 is 11.7 Å². The summed E-state index contributed by atoms with van der Waals surface area (Å²) < 4.78 is 39.9. The maximum Gasteiger partial charge on any atom is 0.421 e. The monoisotopic (exact) mass is 284 g/mol. The standard InChI is InChI=1S/C13H15F3N4/c1-2-8(7-3-4-7)10-5-11(17)20-12(19-10)9(6-18-20)13(14,15)16/h5-8H,2-4,17H2,1H3/t8-/m0/s1. The third kappa shape index (κ3) is 2.10. The number of fused-ring (bicyclic) bond motifs is 1. The molecule has 0 spiro atoms. The second-order valence-corrected chi connectivity index (χ2v) is 5.25. The van der Waals surface area contributed by atoms with Crippen LogP contribution < -0.4 is 5.73 Å². The number of anilines is 1. The van der Waals surface area contributed by atoms with Gasteiger partial charge in [-0.05, 0) is 25.2 Å². The summed E-state index contributed by atoms with van der Waals surface area (Å²) in [5.41, 5.74) is 5.43. The predicted octanol–water partition coefficient (Wildman–Crippen LogP) is 3.23. The molecule has 1 atom stereocenters. The van der Waals surface area contributed by atoms with Crippen LogP contribution in [0.3, 0.4) is 0 Å². The highest BCUT2D eigenvalue weighted by Gasteiger charge is 2.37. The van der Waals surface area contributed by atoms with Gasteiger partial charge in [-0.25, -0.2) is 4.98 Å². The molecular weight excluding hydrogens is 269 g/mol. The average molecular weight is 284 g/mol. The summed E-state index contributed by atoms with van der Waals surface area (Å²) in [6, 6.07) is 1.65. The smallest absolute Gasteiger partial charge is 0.384 e. The molecule has 0 aromatic carbocycles. The SMILES string of the molecule is CC[C@H](c1cc(N)n2ncc(C(F)(F)F)c2n1)C1CC1. The van der Waals surface area contributed by atoms with E-state index in [4.69, 9.17) is 5.73 Å². The Kier molecular flexibility index (Phi) is 2.88. The highest BCUT2D eigenvalue weighted by atomic mass is 19.4.